The molecule has 0 saturated carbocycles. The summed E-state index contributed by atoms with van der Waals surface area (Å²) in [6, 6.07) is 7.67. The standard InChI is InChI=1S/C22H33N3O5/c1-15(2)11-17(14-26)24-19(27)13-23-20(28)18(12-16-9-7-6-8-10-16)25-21(29)30-22(3,4)5/h6-10,14-15,17-18H,11-13H2,1-5H3,(H,23,28)(H,24,27)(H,25,29). The molecule has 166 valence electrons. The van der Waals surface area contributed by atoms with Gasteiger partial charge in [-0.25, -0.2) is 4.79 Å². The summed E-state index contributed by atoms with van der Waals surface area (Å²) in [6.45, 7) is 8.77. The fraction of sp³-hybridized carbons (Fsp3) is 0.545. The number of alkyl carbamates (subject to hydrolysis) is 1. The lowest BCUT2D eigenvalue weighted by molar-refractivity contribution is -0.128. The Kier molecular flexibility index (Phi) is 10.0. The molecule has 0 saturated heterocycles. The van der Waals surface area contributed by atoms with Crippen LogP contribution in [0.2, 0.25) is 0 Å². The van der Waals surface area contributed by atoms with Crippen molar-refractivity contribution in [3.63, 3.8) is 0 Å². The van der Waals surface area contributed by atoms with Crippen LogP contribution in [-0.4, -0.2) is 48.4 Å². The normalized spacial score (nSPS) is 13.1. The van der Waals surface area contributed by atoms with E-state index in [-0.39, 0.29) is 18.9 Å². The summed E-state index contributed by atoms with van der Waals surface area (Å²) in [5.41, 5.74) is 0.133. The summed E-state index contributed by atoms with van der Waals surface area (Å²) < 4.78 is 5.24. The van der Waals surface area contributed by atoms with Crippen molar-refractivity contribution in [2.24, 2.45) is 5.92 Å². The van der Waals surface area contributed by atoms with Crippen molar-refractivity contribution >= 4 is 24.2 Å². The quantitative estimate of drug-likeness (QED) is 0.502. The molecule has 0 radical (unpaired) electrons. The molecule has 3 N–H and O–H groups in total. The maximum absolute atomic E-state index is 12.7. The molecule has 2 atom stereocenters. The van der Waals surface area contributed by atoms with E-state index >= 15 is 0 Å². The molecule has 30 heavy (non-hydrogen) atoms. The minimum atomic E-state index is -0.924. The molecule has 0 aliphatic rings. The number of hydrogen-bond acceptors (Lipinski definition) is 5. The predicted molar refractivity (Wildman–Crippen MR) is 114 cm³/mol. The zero-order valence-electron chi connectivity index (χ0n) is 18.4. The van der Waals surface area contributed by atoms with Crippen molar-refractivity contribution in [1.82, 2.24) is 16.0 Å². The average Bonchev–Trinajstić information content (AvgIpc) is 2.64. The average molecular weight is 420 g/mol. The van der Waals surface area contributed by atoms with Crippen molar-refractivity contribution in [2.75, 3.05) is 6.54 Å². The third-order valence-corrected chi connectivity index (χ3v) is 3.95. The van der Waals surface area contributed by atoms with E-state index in [0.29, 0.717) is 12.7 Å². The first-order valence-electron chi connectivity index (χ1n) is 10.1. The van der Waals surface area contributed by atoms with E-state index in [1.807, 2.05) is 44.2 Å². The van der Waals surface area contributed by atoms with E-state index in [4.69, 9.17) is 4.74 Å². The molecule has 3 amide bonds. The van der Waals surface area contributed by atoms with Crippen molar-refractivity contribution in [3.05, 3.63) is 35.9 Å². The molecule has 0 aromatic heterocycles. The zero-order valence-corrected chi connectivity index (χ0v) is 18.4. The lowest BCUT2D eigenvalue weighted by Gasteiger charge is -2.23. The summed E-state index contributed by atoms with van der Waals surface area (Å²) in [5, 5.41) is 7.66. The molecule has 1 aromatic carbocycles. The van der Waals surface area contributed by atoms with Gasteiger partial charge in [0, 0.05) is 6.42 Å². The van der Waals surface area contributed by atoms with Gasteiger partial charge in [-0.1, -0.05) is 44.2 Å². The van der Waals surface area contributed by atoms with E-state index in [0.717, 1.165) is 5.56 Å². The first-order valence-corrected chi connectivity index (χ1v) is 10.1. The number of aldehydes is 1. The number of carbonyl (C=O) groups excluding carboxylic acids is 4. The molecule has 0 aliphatic carbocycles. The second-order valence-corrected chi connectivity index (χ2v) is 8.55. The van der Waals surface area contributed by atoms with E-state index in [9.17, 15) is 19.2 Å². The second-order valence-electron chi connectivity index (χ2n) is 8.55. The van der Waals surface area contributed by atoms with Crippen molar-refractivity contribution in [3.8, 4) is 0 Å². The van der Waals surface area contributed by atoms with E-state index < -0.39 is 35.6 Å². The predicted octanol–water partition coefficient (Wildman–Crippen LogP) is 1.97. The van der Waals surface area contributed by atoms with Crippen LogP contribution in [0, 0.1) is 5.92 Å². The summed E-state index contributed by atoms with van der Waals surface area (Å²) in [6.07, 6.45) is 0.709. The molecule has 8 heteroatoms. The molecule has 0 bridgehead atoms. The summed E-state index contributed by atoms with van der Waals surface area (Å²) in [4.78, 5) is 48.0. The van der Waals surface area contributed by atoms with Crippen molar-refractivity contribution < 1.29 is 23.9 Å². The topological polar surface area (TPSA) is 114 Å². The highest BCUT2D eigenvalue weighted by molar-refractivity contribution is 5.90. The first-order chi connectivity index (χ1) is 14.0. The third-order valence-electron chi connectivity index (χ3n) is 3.95. The Hall–Kier alpha value is -2.90. The lowest BCUT2D eigenvalue weighted by Crippen LogP contribution is -2.51. The fourth-order valence-corrected chi connectivity index (χ4v) is 2.71. The number of ether oxygens (including phenoxy) is 1. The van der Waals surface area contributed by atoms with Crippen LogP contribution in [0.1, 0.15) is 46.6 Å². The van der Waals surface area contributed by atoms with E-state index in [1.165, 1.54) is 0 Å². The van der Waals surface area contributed by atoms with Gasteiger partial charge in [-0.15, -0.1) is 0 Å². The molecule has 1 rings (SSSR count). The van der Waals surface area contributed by atoms with Gasteiger partial charge in [0.1, 0.15) is 17.9 Å². The number of nitrogens with one attached hydrogen (secondary N) is 3. The largest absolute Gasteiger partial charge is 0.444 e. The molecule has 0 fully saturated rings. The fourth-order valence-electron chi connectivity index (χ4n) is 2.71. The maximum atomic E-state index is 12.7. The van der Waals surface area contributed by atoms with Gasteiger partial charge in [0.05, 0.1) is 12.6 Å². The van der Waals surface area contributed by atoms with Crippen LogP contribution in [0.5, 0.6) is 0 Å². The monoisotopic (exact) mass is 419 g/mol. The van der Waals surface area contributed by atoms with E-state index in [1.54, 1.807) is 20.8 Å². The Bertz CT molecular complexity index is 713. The van der Waals surface area contributed by atoms with Gasteiger partial charge in [-0.3, -0.25) is 9.59 Å². The Morgan fingerprint density at radius 1 is 1.07 bits per heavy atom. The number of rotatable bonds is 10. The summed E-state index contributed by atoms with van der Waals surface area (Å²) >= 11 is 0. The molecule has 0 aliphatic heterocycles. The van der Waals surface area contributed by atoms with Crippen LogP contribution in [0.3, 0.4) is 0 Å². The third kappa shape index (κ3) is 10.6. The molecule has 0 spiro atoms. The van der Waals surface area contributed by atoms with Crippen molar-refractivity contribution in [1.29, 1.82) is 0 Å². The minimum Gasteiger partial charge on any atom is -0.444 e. The van der Waals surface area contributed by atoms with Crippen LogP contribution in [0.15, 0.2) is 30.3 Å². The van der Waals surface area contributed by atoms with Gasteiger partial charge in [0.2, 0.25) is 11.8 Å². The Balaban J connectivity index is 2.73. The van der Waals surface area contributed by atoms with Crippen LogP contribution in [-0.2, 0) is 25.5 Å². The highest BCUT2D eigenvalue weighted by Gasteiger charge is 2.25. The Morgan fingerprint density at radius 2 is 1.70 bits per heavy atom. The second kappa shape index (κ2) is 11.9. The van der Waals surface area contributed by atoms with Gasteiger partial charge in [0.25, 0.3) is 0 Å². The van der Waals surface area contributed by atoms with Gasteiger partial charge in [0.15, 0.2) is 0 Å². The van der Waals surface area contributed by atoms with Gasteiger partial charge < -0.3 is 25.5 Å². The molecule has 0 heterocycles. The van der Waals surface area contributed by atoms with Crippen molar-refractivity contribution in [2.45, 2.75) is 65.1 Å². The molecule has 8 nitrogen and oxygen atoms in total. The number of carbonyl (C=O) groups is 4. The number of benzene rings is 1. The van der Waals surface area contributed by atoms with Crippen LogP contribution < -0.4 is 16.0 Å². The number of amides is 3. The lowest BCUT2D eigenvalue weighted by atomic mass is 10.0. The first kappa shape index (κ1) is 25.1. The highest BCUT2D eigenvalue weighted by atomic mass is 16.6. The number of hydrogen-bond donors (Lipinski definition) is 3. The van der Waals surface area contributed by atoms with Crippen LogP contribution in [0.4, 0.5) is 4.79 Å². The highest BCUT2D eigenvalue weighted by Crippen LogP contribution is 2.09. The Labute approximate surface area is 178 Å². The minimum absolute atomic E-state index is 0.234. The zero-order chi connectivity index (χ0) is 22.7. The molecule has 2 unspecified atom stereocenters. The van der Waals surface area contributed by atoms with Gasteiger partial charge in [-0.2, -0.15) is 0 Å². The summed E-state index contributed by atoms with van der Waals surface area (Å²) in [5.74, 6) is -0.758. The van der Waals surface area contributed by atoms with Gasteiger partial charge in [-0.05, 0) is 38.7 Å². The van der Waals surface area contributed by atoms with Crippen LogP contribution in [0.25, 0.3) is 0 Å². The summed E-state index contributed by atoms with van der Waals surface area (Å²) in [7, 11) is 0. The Morgan fingerprint density at radius 3 is 2.23 bits per heavy atom. The smallest absolute Gasteiger partial charge is 0.408 e. The molecular formula is C22H33N3O5. The van der Waals surface area contributed by atoms with E-state index in [2.05, 4.69) is 16.0 Å². The molecule has 1 aromatic rings. The SMILES string of the molecule is CC(C)CC(C=O)NC(=O)CNC(=O)C(Cc1ccccc1)NC(=O)OC(C)(C)C. The van der Waals surface area contributed by atoms with Gasteiger partial charge >= 0.3 is 6.09 Å². The molecular weight excluding hydrogens is 386 g/mol. The van der Waals surface area contributed by atoms with Crippen LogP contribution >= 0.6 is 0 Å². The maximum Gasteiger partial charge on any atom is 0.408 e.